The van der Waals surface area contributed by atoms with Crippen LogP contribution in [0.4, 0.5) is 17.1 Å². The fourth-order valence-electron chi connectivity index (χ4n) is 6.03. The van der Waals surface area contributed by atoms with Crippen LogP contribution in [0.2, 0.25) is 0 Å². The topological polar surface area (TPSA) is 81.1 Å². The molecule has 2 saturated heterocycles. The molecule has 3 aromatic rings. The first-order chi connectivity index (χ1) is 21.5. The van der Waals surface area contributed by atoms with Crippen molar-refractivity contribution in [1.29, 1.82) is 5.26 Å². The minimum atomic E-state index is -0.418. The molecule has 8 heteroatoms. The lowest BCUT2D eigenvalue weighted by atomic mass is 9.98. The molecule has 2 heterocycles. The van der Waals surface area contributed by atoms with Gasteiger partial charge in [-0.25, -0.2) is 0 Å². The molecule has 0 saturated carbocycles. The molecule has 8 nitrogen and oxygen atoms in total. The van der Waals surface area contributed by atoms with Crippen LogP contribution in [0.15, 0.2) is 67.2 Å². The molecule has 0 aliphatic carbocycles. The molecular formula is C36H43N5O3. The molecule has 0 radical (unpaired) electrons. The van der Waals surface area contributed by atoms with E-state index in [9.17, 15) is 4.79 Å². The highest BCUT2D eigenvalue weighted by Crippen LogP contribution is 2.32. The van der Waals surface area contributed by atoms with Gasteiger partial charge in [0.15, 0.2) is 6.19 Å². The predicted octanol–water partition coefficient (Wildman–Crippen LogP) is 6.36. The van der Waals surface area contributed by atoms with E-state index >= 15 is 0 Å². The molecule has 1 amide bonds. The molecular weight excluding hydrogens is 550 g/mol. The van der Waals surface area contributed by atoms with E-state index in [1.165, 1.54) is 29.8 Å². The Labute approximate surface area is 261 Å². The number of benzene rings is 3. The van der Waals surface area contributed by atoms with Gasteiger partial charge in [0.1, 0.15) is 12.4 Å². The van der Waals surface area contributed by atoms with Crippen molar-refractivity contribution in [3.63, 3.8) is 0 Å². The zero-order valence-electron chi connectivity index (χ0n) is 26.0. The van der Waals surface area contributed by atoms with Gasteiger partial charge in [0.2, 0.25) is 0 Å². The van der Waals surface area contributed by atoms with Gasteiger partial charge in [0.05, 0.1) is 13.2 Å². The highest BCUT2D eigenvalue weighted by molar-refractivity contribution is 5.97. The highest BCUT2D eigenvalue weighted by Gasteiger charge is 2.19. The van der Waals surface area contributed by atoms with Crippen molar-refractivity contribution in [2.24, 2.45) is 0 Å². The number of carbonyl (C=O) groups excluding carboxylic acids is 1. The van der Waals surface area contributed by atoms with Gasteiger partial charge in [-0.2, -0.15) is 5.26 Å². The monoisotopic (exact) mass is 593 g/mol. The second-order valence-electron chi connectivity index (χ2n) is 11.5. The second kappa shape index (κ2) is 14.8. The number of nitrogens with one attached hydrogen (secondary N) is 1. The highest BCUT2D eigenvalue weighted by atomic mass is 16.5. The molecule has 0 bridgehead atoms. The molecule has 1 N–H and O–H groups in total. The van der Waals surface area contributed by atoms with Crippen LogP contribution < -0.4 is 24.8 Å². The molecule has 0 aromatic heterocycles. The van der Waals surface area contributed by atoms with Crippen molar-refractivity contribution in [1.82, 2.24) is 5.32 Å². The van der Waals surface area contributed by atoms with E-state index in [2.05, 4.69) is 63.9 Å². The molecule has 44 heavy (non-hydrogen) atoms. The number of ether oxygens (including phenoxy) is 2. The number of nitriles is 1. The zero-order valence-corrected chi connectivity index (χ0v) is 26.0. The Morgan fingerprint density at radius 2 is 1.77 bits per heavy atom. The van der Waals surface area contributed by atoms with E-state index in [0.29, 0.717) is 18.7 Å². The molecule has 0 unspecified atom stereocenters. The number of allylic oxidation sites excluding steroid dienone is 1. The summed E-state index contributed by atoms with van der Waals surface area (Å²) in [5.74, 6) is 0.405. The Morgan fingerprint density at radius 1 is 1.02 bits per heavy atom. The molecule has 5 rings (SSSR count). The Hall–Kier alpha value is -4.48. The van der Waals surface area contributed by atoms with Gasteiger partial charge in [-0.3, -0.25) is 10.1 Å². The maximum absolute atomic E-state index is 12.4. The van der Waals surface area contributed by atoms with Crippen molar-refractivity contribution in [3.8, 4) is 11.9 Å². The number of nitrogens with zero attached hydrogens (tertiary/aromatic N) is 4. The van der Waals surface area contributed by atoms with Crippen LogP contribution in [-0.4, -0.2) is 52.3 Å². The third-order valence-electron chi connectivity index (χ3n) is 8.40. The van der Waals surface area contributed by atoms with E-state index in [-0.39, 0.29) is 0 Å². The average molecular weight is 594 g/mol. The van der Waals surface area contributed by atoms with E-state index in [1.54, 1.807) is 12.3 Å². The largest absolute Gasteiger partial charge is 0.489 e. The molecule has 2 aliphatic rings. The summed E-state index contributed by atoms with van der Waals surface area (Å²) in [6.45, 7) is 13.0. The van der Waals surface area contributed by atoms with Gasteiger partial charge in [0.25, 0.3) is 5.91 Å². The first-order valence-corrected chi connectivity index (χ1v) is 15.6. The summed E-state index contributed by atoms with van der Waals surface area (Å²) in [6, 6.07) is 20.5. The third-order valence-corrected chi connectivity index (χ3v) is 8.40. The quantitative estimate of drug-likeness (QED) is 0.193. The number of carbonyl (C=O) groups is 1. The Morgan fingerprint density at radius 3 is 2.48 bits per heavy atom. The summed E-state index contributed by atoms with van der Waals surface area (Å²) in [5, 5.41) is 11.1. The lowest BCUT2D eigenvalue weighted by molar-refractivity contribution is 0.0973. The van der Waals surface area contributed by atoms with Gasteiger partial charge in [0, 0.05) is 73.5 Å². The van der Waals surface area contributed by atoms with E-state index in [1.807, 2.05) is 31.3 Å². The second-order valence-corrected chi connectivity index (χ2v) is 11.5. The van der Waals surface area contributed by atoms with Crippen LogP contribution in [0, 0.1) is 11.5 Å². The maximum atomic E-state index is 12.4. The fourth-order valence-corrected chi connectivity index (χ4v) is 6.03. The standard InChI is InChI=1S/C36H43N5O3/c1-4-7-27(2)33-14-10-29(36(42)38-26-37)23-35(33)39(3)24-28-8-12-32(13-9-28)44-25-30-22-31(40-16-5-6-17-40)11-15-34(30)41-18-20-43-21-19-41/h8-15,22-23H,2,4-7,16-21,24-25H2,1,3H3,(H,38,42). The Bertz CT molecular complexity index is 1480. The normalized spacial score (nSPS) is 14.7. The summed E-state index contributed by atoms with van der Waals surface area (Å²) >= 11 is 0. The molecule has 2 aliphatic heterocycles. The third kappa shape index (κ3) is 7.53. The first kappa shape index (κ1) is 31.0. The van der Waals surface area contributed by atoms with E-state index in [0.717, 1.165) is 80.4 Å². The number of anilines is 3. The van der Waals surface area contributed by atoms with E-state index < -0.39 is 5.91 Å². The van der Waals surface area contributed by atoms with Crippen LogP contribution in [0.3, 0.4) is 0 Å². The lowest BCUT2D eigenvalue weighted by Gasteiger charge is -2.31. The summed E-state index contributed by atoms with van der Waals surface area (Å²) in [4.78, 5) is 19.4. The predicted molar refractivity (Wildman–Crippen MR) is 177 cm³/mol. The van der Waals surface area contributed by atoms with Gasteiger partial charge < -0.3 is 24.2 Å². The summed E-state index contributed by atoms with van der Waals surface area (Å²) in [5.41, 5.74) is 8.18. The van der Waals surface area contributed by atoms with Gasteiger partial charge in [-0.15, -0.1) is 0 Å². The zero-order chi connectivity index (χ0) is 30.9. The number of rotatable bonds is 12. The minimum absolute atomic E-state index is 0.418. The lowest BCUT2D eigenvalue weighted by Crippen LogP contribution is -2.37. The fraction of sp³-hybridized carbons (Fsp3) is 0.389. The molecule has 0 atom stereocenters. The maximum Gasteiger partial charge on any atom is 0.264 e. The number of hydrogen-bond donors (Lipinski definition) is 1. The van der Waals surface area contributed by atoms with Crippen molar-refractivity contribution >= 4 is 28.5 Å². The van der Waals surface area contributed by atoms with Crippen molar-refractivity contribution < 1.29 is 14.3 Å². The van der Waals surface area contributed by atoms with Gasteiger partial charge in [-0.05, 0) is 72.9 Å². The molecule has 3 aromatic carbocycles. The van der Waals surface area contributed by atoms with Crippen LogP contribution in [0.5, 0.6) is 5.75 Å². The van der Waals surface area contributed by atoms with Crippen LogP contribution >= 0.6 is 0 Å². The van der Waals surface area contributed by atoms with Crippen LogP contribution in [-0.2, 0) is 17.9 Å². The van der Waals surface area contributed by atoms with Gasteiger partial charge in [-0.1, -0.05) is 38.1 Å². The van der Waals surface area contributed by atoms with E-state index in [4.69, 9.17) is 14.7 Å². The number of amides is 1. The van der Waals surface area contributed by atoms with Crippen molar-refractivity contribution in [2.45, 2.75) is 45.8 Å². The number of hydrogen-bond acceptors (Lipinski definition) is 7. The molecule has 2 fully saturated rings. The van der Waals surface area contributed by atoms with Crippen LogP contribution in [0.1, 0.15) is 59.7 Å². The summed E-state index contributed by atoms with van der Waals surface area (Å²) in [7, 11) is 2.01. The number of morpholine rings is 1. The van der Waals surface area contributed by atoms with Crippen LogP contribution in [0.25, 0.3) is 5.57 Å². The summed E-state index contributed by atoms with van der Waals surface area (Å²) in [6.07, 6.45) is 6.06. The first-order valence-electron chi connectivity index (χ1n) is 15.6. The smallest absolute Gasteiger partial charge is 0.264 e. The molecule has 230 valence electrons. The SMILES string of the molecule is C=C(CCC)c1ccc(C(=O)NC#N)cc1N(C)Cc1ccc(OCc2cc(N3CCCC3)ccc2N2CCOCC2)cc1. The average Bonchev–Trinajstić information content (AvgIpc) is 3.60. The molecule has 0 spiro atoms. The summed E-state index contributed by atoms with van der Waals surface area (Å²) < 4.78 is 12.0. The van der Waals surface area contributed by atoms with Crippen molar-refractivity contribution in [3.05, 3.63) is 89.5 Å². The Kier molecular flexibility index (Phi) is 10.4. The van der Waals surface area contributed by atoms with Gasteiger partial charge >= 0.3 is 0 Å². The Balaban J connectivity index is 1.29. The minimum Gasteiger partial charge on any atom is -0.489 e. The van der Waals surface area contributed by atoms with Crippen molar-refractivity contribution in [2.75, 3.05) is 61.1 Å².